The molecule has 0 bridgehead atoms. The van der Waals surface area contributed by atoms with Crippen LogP contribution >= 0.6 is 11.8 Å². The van der Waals surface area contributed by atoms with Crippen LogP contribution in [0.5, 0.6) is 0 Å². The molecule has 0 saturated heterocycles. The van der Waals surface area contributed by atoms with E-state index in [4.69, 9.17) is 4.74 Å². The predicted octanol–water partition coefficient (Wildman–Crippen LogP) is 3.60. The van der Waals surface area contributed by atoms with Gasteiger partial charge in [-0.05, 0) is 44.0 Å². The zero-order valence-corrected chi connectivity index (χ0v) is 16.3. The van der Waals surface area contributed by atoms with Gasteiger partial charge in [-0.25, -0.2) is 0 Å². The van der Waals surface area contributed by atoms with Gasteiger partial charge >= 0.3 is 5.97 Å². The number of hydrogen-bond donors (Lipinski definition) is 0. The smallest absolute Gasteiger partial charge is 0.319 e. The van der Waals surface area contributed by atoms with Crippen LogP contribution in [0, 0.1) is 10.1 Å². The molecule has 2 atom stereocenters. The zero-order chi connectivity index (χ0) is 20.3. The zero-order valence-electron chi connectivity index (χ0n) is 15.5. The van der Waals surface area contributed by atoms with Crippen LogP contribution in [0.1, 0.15) is 19.4 Å². The summed E-state index contributed by atoms with van der Waals surface area (Å²) in [4.78, 5) is 37.7. The summed E-state index contributed by atoms with van der Waals surface area (Å²) in [6.45, 7) is 3.83. The average molecular weight is 400 g/mol. The molecule has 1 aliphatic heterocycles. The number of ether oxygens (including phenoxy) is 1. The number of nitrogens with zero attached hydrogens (tertiary/aromatic N) is 2. The number of amides is 1. The van der Waals surface area contributed by atoms with Crippen LogP contribution in [-0.2, 0) is 20.7 Å². The Morgan fingerprint density at radius 2 is 1.82 bits per heavy atom. The number of fused-ring (bicyclic) bond motifs is 1. The molecule has 146 valence electrons. The van der Waals surface area contributed by atoms with Crippen molar-refractivity contribution in [3.63, 3.8) is 0 Å². The number of carbonyl (C=O) groups excluding carboxylic acids is 2. The molecule has 28 heavy (non-hydrogen) atoms. The highest BCUT2D eigenvalue weighted by atomic mass is 32.2. The standard InChI is InChI=1S/C20H20N2O5S/c1-13(19(23)21-12-11-15-5-3-4-6-18(15)21)27-20(24)14(2)28-17-9-7-16(8-10-17)22(25)26/h3-10,13-14H,11-12H2,1-2H3/t13-,14-/m0/s1. The third-order valence-corrected chi connectivity index (χ3v) is 5.58. The molecule has 1 amide bonds. The predicted molar refractivity (Wildman–Crippen MR) is 106 cm³/mol. The summed E-state index contributed by atoms with van der Waals surface area (Å²) in [5.74, 6) is -0.748. The molecule has 3 rings (SSSR count). The first-order valence-corrected chi connectivity index (χ1v) is 9.75. The molecular formula is C20H20N2O5S. The topological polar surface area (TPSA) is 89.7 Å². The van der Waals surface area contributed by atoms with Crippen LogP contribution in [0.25, 0.3) is 0 Å². The molecule has 0 N–H and O–H groups in total. The highest BCUT2D eigenvalue weighted by Gasteiger charge is 2.30. The lowest BCUT2D eigenvalue weighted by Gasteiger charge is -2.22. The van der Waals surface area contributed by atoms with E-state index in [2.05, 4.69) is 0 Å². The Hall–Kier alpha value is -2.87. The van der Waals surface area contributed by atoms with Gasteiger partial charge in [-0.15, -0.1) is 11.8 Å². The maximum Gasteiger partial charge on any atom is 0.319 e. The van der Waals surface area contributed by atoms with E-state index in [1.807, 2.05) is 24.3 Å². The number of non-ortho nitro benzene ring substituents is 1. The number of hydrogen-bond acceptors (Lipinski definition) is 6. The third-order valence-electron chi connectivity index (χ3n) is 4.49. The number of anilines is 1. The lowest BCUT2D eigenvalue weighted by atomic mass is 10.2. The summed E-state index contributed by atoms with van der Waals surface area (Å²) in [7, 11) is 0. The van der Waals surface area contributed by atoms with E-state index >= 15 is 0 Å². The van der Waals surface area contributed by atoms with Crippen LogP contribution in [0.2, 0.25) is 0 Å². The third kappa shape index (κ3) is 4.33. The molecule has 7 nitrogen and oxygen atoms in total. The summed E-state index contributed by atoms with van der Waals surface area (Å²) in [6.07, 6.45) is -0.104. The number of nitro groups is 1. The maximum atomic E-state index is 12.7. The highest BCUT2D eigenvalue weighted by molar-refractivity contribution is 8.00. The van der Waals surface area contributed by atoms with E-state index in [-0.39, 0.29) is 11.6 Å². The van der Waals surface area contributed by atoms with Crippen molar-refractivity contribution in [3.05, 3.63) is 64.2 Å². The Morgan fingerprint density at radius 1 is 1.14 bits per heavy atom. The molecule has 0 radical (unpaired) electrons. The molecule has 8 heteroatoms. The maximum absolute atomic E-state index is 12.7. The number of para-hydroxylation sites is 1. The number of benzene rings is 2. The summed E-state index contributed by atoms with van der Waals surface area (Å²) in [5, 5.41) is 10.1. The molecule has 0 fully saturated rings. The fourth-order valence-electron chi connectivity index (χ4n) is 3.01. The Bertz CT molecular complexity index is 900. The van der Waals surface area contributed by atoms with Crippen LogP contribution in [-0.4, -0.2) is 34.7 Å². The Labute approximate surface area is 166 Å². The molecular weight excluding hydrogens is 380 g/mol. The number of carbonyl (C=O) groups is 2. The quantitative estimate of drug-likeness (QED) is 0.319. The lowest BCUT2D eigenvalue weighted by molar-refractivity contribution is -0.384. The van der Waals surface area contributed by atoms with Crippen LogP contribution < -0.4 is 4.90 Å². The Balaban J connectivity index is 1.57. The molecule has 2 aromatic rings. The van der Waals surface area contributed by atoms with Crippen molar-refractivity contribution in [2.75, 3.05) is 11.4 Å². The number of rotatable bonds is 6. The van der Waals surface area contributed by atoms with Crippen molar-refractivity contribution in [2.24, 2.45) is 0 Å². The number of esters is 1. The van der Waals surface area contributed by atoms with Crippen molar-refractivity contribution in [2.45, 2.75) is 36.5 Å². The Kier molecular flexibility index (Phi) is 5.99. The van der Waals surface area contributed by atoms with E-state index in [9.17, 15) is 19.7 Å². The van der Waals surface area contributed by atoms with Gasteiger partial charge in [0, 0.05) is 29.3 Å². The second kappa shape index (κ2) is 8.43. The van der Waals surface area contributed by atoms with Crippen molar-refractivity contribution in [3.8, 4) is 0 Å². The second-order valence-electron chi connectivity index (χ2n) is 6.46. The minimum absolute atomic E-state index is 0.00954. The van der Waals surface area contributed by atoms with Crippen molar-refractivity contribution in [1.29, 1.82) is 0 Å². The largest absolute Gasteiger partial charge is 0.452 e. The second-order valence-corrected chi connectivity index (χ2v) is 7.87. The van der Waals surface area contributed by atoms with Gasteiger partial charge in [-0.2, -0.15) is 0 Å². The van der Waals surface area contributed by atoms with Gasteiger partial charge in [-0.1, -0.05) is 18.2 Å². The van der Waals surface area contributed by atoms with E-state index in [1.165, 1.54) is 23.9 Å². The van der Waals surface area contributed by atoms with Crippen molar-refractivity contribution >= 4 is 35.0 Å². The summed E-state index contributed by atoms with van der Waals surface area (Å²) >= 11 is 1.22. The first kappa shape index (κ1) is 19.9. The van der Waals surface area contributed by atoms with Gasteiger partial charge in [0.25, 0.3) is 11.6 Å². The number of nitro benzene ring substituents is 1. The van der Waals surface area contributed by atoms with Crippen LogP contribution in [0.4, 0.5) is 11.4 Å². The first-order chi connectivity index (χ1) is 13.4. The molecule has 2 aromatic carbocycles. The molecule has 1 heterocycles. The fourth-order valence-corrected chi connectivity index (χ4v) is 3.86. The van der Waals surface area contributed by atoms with Crippen LogP contribution in [0.3, 0.4) is 0 Å². The molecule has 0 aromatic heterocycles. The summed E-state index contributed by atoms with van der Waals surface area (Å²) in [6, 6.07) is 13.6. The molecule has 0 aliphatic carbocycles. The number of thioether (sulfide) groups is 1. The van der Waals surface area contributed by atoms with E-state index in [1.54, 1.807) is 30.9 Å². The molecule has 0 unspecified atom stereocenters. The van der Waals surface area contributed by atoms with Crippen LogP contribution in [0.15, 0.2) is 53.4 Å². The van der Waals surface area contributed by atoms with Gasteiger partial charge in [0.15, 0.2) is 6.10 Å². The molecule has 1 aliphatic rings. The van der Waals surface area contributed by atoms with Gasteiger partial charge in [0.2, 0.25) is 0 Å². The van der Waals surface area contributed by atoms with Crippen molar-refractivity contribution in [1.82, 2.24) is 0 Å². The summed E-state index contributed by atoms with van der Waals surface area (Å²) in [5.41, 5.74) is 1.96. The Morgan fingerprint density at radius 3 is 2.50 bits per heavy atom. The first-order valence-electron chi connectivity index (χ1n) is 8.87. The monoisotopic (exact) mass is 400 g/mol. The van der Waals surface area contributed by atoms with E-state index in [0.29, 0.717) is 11.4 Å². The lowest BCUT2D eigenvalue weighted by Crippen LogP contribution is -2.40. The van der Waals surface area contributed by atoms with Gasteiger partial charge < -0.3 is 9.64 Å². The minimum Gasteiger partial charge on any atom is -0.452 e. The minimum atomic E-state index is -0.890. The fraction of sp³-hybridized carbons (Fsp3) is 0.300. The van der Waals surface area contributed by atoms with Gasteiger partial charge in [-0.3, -0.25) is 19.7 Å². The van der Waals surface area contributed by atoms with Gasteiger partial charge in [0.1, 0.15) is 5.25 Å². The molecule has 0 saturated carbocycles. The van der Waals surface area contributed by atoms with Crippen molar-refractivity contribution < 1.29 is 19.2 Å². The summed E-state index contributed by atoms with van der Waals surface area (Å²) < 4.78 is 5.38. The average Bonchev–Trinajstić information content (AvgIpc) is 3.11. The van der Waals surface area contributed by atoms with Gasteiger partial charge in [0.05, 0.1) is 4.92 Å². The highest BCUT2D eigenvalue weighted by Crippen LogP contribution is 2.29. The van der Waals surface area contributed by atoms with E-state index < -0.39 is 22.2 Å². The SMILES string of the molecule is C[C@H](OC(=O)[C@H](C)Sc1ccc([N+](=O)[O-])cc1)C(=O)N1CCc2ccccc21. The normalized spacial score (nSPS) is 14.9. The van der Waals surface area contributed by atoms with E-state index in [0.717, 1.165) is 17.7 Å². The molecule has 0 spiro atoms.